The number of hydrogen-bond acceptors (Lipinski definition) is 3. The molecule has 2 rings (SSSR count). The third-order valence-electron chi connectivity index (χ3n) is 3.12. The average Bonchev–Trinajstić information content (AvgIpc) is 2.41. The lowest BCUT2D eigenvalue weighted by Gasteiger charge is -2.22. The fourth-order valence-corrected chi connectivity index (χ4v) is 2.19. The van der Waals surface area contributed by atoms with Crippen LogP contribution in [-0.4, -0.2) is 24.6 Å². The number of ether oxygens (including phenoxy) is 1. The van der Waals surface area contributed by atoms with E-state index < -0.39 is 0 Å². The Morgan fingerprint density at radius 2 is 2.00 bits per heavy atom. The molecule has 2 N–H and O–H groups in total. The maximum Gasteiger partial charge on any atom is 0.241 e. The topological polar surface area (TPSA) is 50.4 Å². The smallest absolute Gasteiger partial charge is 0.241 e. The fraction of sp³-hybridized carbons (Fsp3) is 0.533. The number of nitrogens with one attached hydrogen (secondary N) is 2. The van der Waals surface area contributed by atoms with Crippen LogP contribution in [-0.2, 0) is 4.79 Å². The van der Waals surface area contributed by atoms with Crippen LogP contribution in [0.1, 0.15) is 33.1 Å². The molecular weight excluding hydrogens is 276 g/mol. The van der Waals surface area contributed by atoms with E-state index in [2.05, 4.69) is 10.6 Å². The van der Waals surface area contributed by atoms with Crippen molar-refractivity contribution >= 4 is 24.0 Å². The monoisotopic (exact) mass is 298 g/mol. The van der Waals surface area contributed by atoms with Crippen molar-refractivity contribution in [1.82, 2.24) is 5.32 Å². The van der Waals surface area contributed by atoms with Crippen LogP contribution in [0.15, 0.2) is 24.3 Å². The van der Waals surface area contributed by atoms with Gasteiger partial charge in [-0.1, -0.05) is 6.42 Å². The van der Waals surface area contributed by atoms with E-state index in [0.717, 1.165) is 37.2 Å². The second kappa shape index (κ2) is 8.12. The van der Waals surface area contributed by atoms with Gasteiger partial charge in [-0.05, 0) is 57.5 Å². The number of anilines is 1. The van der Waals surface area contributed by atoms with Crippen molar-refractivity contribution in [3.8, 4) is 5.75 Å². The minimum atomic E-state index is -0.0552. The molecule has 0 aromatic heterocycles. The SMILES string of the molecule is CC(C)Oc1ccc(NC(=O)C2CCCCN2)cc1.Cl. The Labute approximate surface area is 126 Å². The summed E-state index contributed by atoms with van der Waals surface area (Å²) in [6.45, 7) is 4.91. The van der Waals surface area contributed by atoms with Crippen LogP contribution >= 0.6 is 12.4 Å². The van der Waals surface area contributed by atoms with Crippen LogP contribution in [0, 0.1) is 0 Å². The van der Waals surface area contributed by atoms with E-state index in [1.54, 1.807) is 0 Å². The summed E-state index contributed by atoms with van der Waals surface area (Å²) >= 11 is 0. The number of amides is 1. The van der Waals surface area contributed by atoms with Gasteiger partial charge in [0.2, 0.25) is 5.91 Å². The molecule has 1 fully saturated rings. The van der Waals surface area contributed by atoms with Gasteiger partial charge in [-0.25, -0.2) is 0 Å². The van der Waals surface area contributed by atoms with Crippen LogP contribution < -0.4 is 15.4 Å². The van der Waals surface area contributed by atoms with Gasteiger partial charge in [-0.2, -0.15) is 0 Å². The lowest BCUT2D eigenvalue weighted by molar-refractivity contribution is -0.118. The van der Waals surface area contributed by atoms with Crippen molar-refractivity contribution < 1.29 is 9.53 Å². The number of carbonyl (C=O) groups is 1. The number of hydrogen-bond donors (Lipinski definition) is 2. The molecule has 1 saturated heterocycles. The zero-order valence-electron chi connectivity index (χ0n) is 12.0. The van der Waals surface area contributed by atoms with Gasteiger partial charge in [-0.3, -0.25) is 4.79 Å². The highest BCUT2D eigenvalue weighted by Crippen LogP contribution is 2.17. The highest BCUT2D eigenvalue weighted by Gasteiger charge is 2.20. The molecule has 1 amide bonds. The number of rotatable bonds is 4. The fourth-order valence-electron chi connectivity index (χ4n) is 2.19. The molecule has 1 unspecified atom stereocenters. The first-order valence-electron chi connectivity index (χ1n) is 6.96. The van der Waals surface area contributed by atoms with E-state index in [0.29, 0.717) is 0 Å². The van der Waals surface area contributed by atoms with Crippen molar-refractivity contribution in [3.05, 3.63) is 24.3 Å². The van der Waals surface area contributed by atoms with Gasteiger partial charge in [0.25, 0.3) is 0 Å². The minimum Gasteiger partial charge on any atom is -0.491 e. The summed E-state index contributed by atoms with van der Waals surface area (Å²) in [4.78, 5) is 12.0. The molecule has 0 aliphatic carbocycles. The average molecular weight is 299 g/mol. The summed E-state index contributed by atoms with van der Waals surface area (Å²) in [5.41, 5.74) is 0.813. The Balaban J connectivity index is 0.00000200. The van der Waals surface area contributed by atoms with Gasteiger partial charge in [0, 0.05) is 5.69 Å². The molecule has 1 aliphatic heterocycles. The van der Waals surface area contributed by atoms with E-state index in [1.165, 1.54) is 0 Å². The van der Waals surface area contributed by atoms with Gasteiger partial charge in [0.1, 0.15) is 5.75 Å². The standard InChI is InChI=1S/C15H22N2O2.ClH/c1-11(2)19-13-8-6-12(7-9-13)17-15(18)14-5-3-4-10-16-14;/h6-9,11,14,16H,3-5,10H2,1-2H3,(H,17,18);1H. The zero-order valence-corrected chi connectivity index (χ0v) is 12.8. The lowest BCUT2D eigenvalue weighted by Crippen LogP contribution is -2.43. The second-order valence-corrected chi connectivity index (χ2v) is 5.18. The molecule has 0 radical (unpaired) electrons. The lowest BCUT2D eigenvalue weighted by atomic mass is 10.0. The van der Waals surface area contributed by atoms with Gasteiger partial charge >= 0.3 is 0 Å². The number of benzene rings is 1. The molecule has 0 spiro atoms. The van der Waals surface area contributed by atoms with Crippen molar-refractivity contribution in [2.75, 3.05) is 11.9 Å². The molecule has 4 nitrogen and oxygen atoms in total. The maximum atomic E-state index is 12.0. The zero-order chi connectivity index (χ0) is 13.7. The molecule has 5 heteroatoms. The van der Waals surface area contributed by atoms with E-state index in [9.17, 15) is 4.79 Å². The first kappa shape index (κ1) is 16.8. The Morgan fingerprint density at radius 1 is 1.30 bits per heavy atom. The molecule has 0 saturated carbocycles. The van der Waals surface area contributed by atoms with Crippen molar-refractivity contribution in [2.45, 2.75) is 45.3 Å². The third-order valence-corrected chi connectivity index (χ3v) is 3.12. The van der Waals surface area contributed by atoms with Crippen LogP contribution in [0.5, 0.6) is 5.75 Å². The molecule has 0 bridgehead atoms. The van der Waals surface area contributed by atoms with Crippen LogP contribution in [0.2, 0.25) is 0 Å². The van der Waals surface area contributed by atoms with Gasteiger partial charge in [-0.15, -0.1) is 12.4 Å². The van der Waals surface area contributed by atoms with Gasteiger partial charge in [0.15, 0.2) is 0 Å². The first-order chi connectivity index (χ1) is 9.15. The first-order valence-corrected chi connectivity index (χ1v) is 6.96. The van der Waals surface area contributed by atoms with Crippen molar-refractivity contribution in [1.29, 1.82) is 0 Å². The number of carbonyl (C=O) groups excluding carboxylic acids is 1. The Morgan fingerprint density at radius 3 is 2.55 bits per heavy atom. The quantitative estimate of drug-likeness (QED) is 0.898. The van der Waals surface area contributed by atoms with Crippen molar-refractivity contribution in [2.24, 2.45) is 0 Å². The van der Waals surface area contributed by atoms with Crippen LogP contribution in [0.3, 0.4) is 0 Å². The summed E-state index contributed by atoms with van der Waals surface area (Å²) in [7, 11) is 0. The van der Waals surface area contributed by atoms with E-state index in [-0.39, 0.29) is 30.5 Å². The molecule has 1 aliphatic rings. The summed E-state index contributed by atoms with van der Waals surface area (Å²) in [6.07, 6.45) is 3.35. The molecule has 1 aromatic rings. The number of piperidine rings is 1. The molecule has 112 valence electrons. The van der Waals surface area contributed by atoms with Crippen molar-refractivity contribution in [3.63, 3.8) is 0 Å². The maximum absolute atomic E-state index is 12.0. The molecule has 1 aromatic carbocycles. The summed E-state index contributed by atoms with van der Waals surface area (Å²) < 4.78 is 5.57. The highest BCUT2D eigenvalue weighted by atomic mass is 35.5. The third kappa shape index (κ3) is 5.02. The van der Waals surface area contributed by atoms with Gasteiger partial charge in [0.05, 0.1) is 12.1 Å². The van der Waals surface area contributed by atoms with Gasteiger partial charge < -0.3 is 15.4 Å². The molecular formula is C15H23ClN2O2. The minimum absolute atomic E-state index is 0. The highest BCUT2D eigenvalue weighted by molar-refractivity contribution is 5.94. The van der Waals surface area contributed by atoms with E-state index in [1.807, 2.05) is 38.1 Å². The largest absolute Gasteiger partial charge is 0.491 e. The predicted molar refractivity (Wildman–Crippen MR) is 83.7 cm³/mol. The van der Waals surface area contributed by atoms with E-state index in [4.69, 9.17) is 4.74 Å². The predicted octanol–water partition coefficient (Wildman–Crippen LogP) is 2.98. The summed E-state index contributed by atoms with van der Waals surface area (Å²) in [5, 5.41) is 6.18. The second-order valence-electron chi connectivity index (χ2n) is 5.18. The van der Waals surface area contributed by atoms with E-state index >= 15 is 0 Å². The Bertz CT molecular complexity index is 414. The Kier molecular flexibility index (Phi) is 6.82. The molecule has 20 heavy (non-hydrogen) atoms. The normalized spacial score (nSPS) is 18.2. The molecule has 1 atom stereocenters. The Hall–Kier alpha value is -1.26. The molecule has 1 heterocycles. The van der Waals surface area contributed by atoms with Crippen LogP contribution in [0.4, 0.5) is 5.69 Å². The van der Waals surface area contributed by atoms with Crippen LogP contribution in [0.25, 0.3) is 0 Å². The summed E-state index contributed by atoms with van der Waals surface area (Å²) in [6, 6.07) is 7.45. The number of halogens is 1. The summed E-state index contributed by atoms with van der Waals surface area (Å²) in [5.74, 6) is 0.876.